The third kappa shape index (κ3) is 27.9. The molecule has 0 N–H and O–H groups in total. The van der Waals surface area contributed by atoms with Crippen molar-refractivity contribution in [2.45, 2.75) is 147 Å². The summed E-state index contributed by atoms with van der Waals surface area (Å²) in [7, 11) is -5.08. The van der Waals surface area contributed by atoms with Crippen molar-refractivity contribution in [3.05, 3.63) is 0 Å². The number of aliphatic carboxylic acids is 1. The van der Waals surface area contributed by atoms with E-state index in [0.717, 1.165) is 19.3 Å². The maximum Gasteiger partial charge on any atom is 1.00 e. The molecule has 0 rings (SSSR count). The second-order valence-electron chi connectivity index (χ2n) is 9.44. The molecule has 36 heavy (non-hydrogen) atoms. The molecule has 1 unspecified atom stereocenters. The average Bonchev–Trinajstić information content (AvgIpc) is 2.77. The third-order valence-corrected chi connectivity index (χ3v) is 7.26. The van der Waals surface area contributed by atoms with Crippen LogP contribution in [0.25, 0.3) is 0 Å². The van der Waals surface area contributed by atoms with Crippen molar-refractivity contribution < 1.29 is 91.5 Å². The number of unbranched alkanes of at least 4 members (excludes halogenated alkanes) is 19. The molecule has 7 nitrogen and oxygen atoms in total. The summed E-state index contributed by atoms with van der Waals surface area (Å²) in [6.07, 6.45) is 23.9. The van der Waals surface area contributed by atoms with Crippen LogP contribution in [0.5, 0.6) is 0 Å². The Kier molecular flexibility index (Phi) is 33.1. The van der Waals surface area contributed by atoms with Crippen molar-refractivity contribution in [2.75, 3.05) is 6.61 Å². The molecule has 0 saturated heterocycles. The molecule has 0 aromatic heterocycles. The molecule has 10 heteroatoms. The summed E-state index contributed by atoms with van der Waals surface area (Å²) in [6.45, 7) is 2.24. The van der Waals surface area contributed by atoms with Crippen molar-refractivity contribution in [1.82, 2.24) is 0 Å². The number of ether oxygens (including phenoxy) is 1. The van der Waals surface area contributed by atoms with Crippen LogP contribution >= 0.6 is 0 Å². The molecule has 0 bridgehead atoms. The normalized spacial score (nSPS) is 11.8. The van der Waals surface area contributed by atoms with Gasteiger partial charge in [0.2, 0.25) is 0 Å². The van der Waals surface area contributed by atoms with E-state index in [2.05, 4.69) is 6.92 Å². The van der Waals surface area contributed by atoms with Crippen molar-refractivity contribution in [3.8, 4) is 0 Å². The predicted octanol–water partition coefficient (Wildman–Crippen LogP) is -0.587. The van der Waals surface area contributed by atoms with E-state index >= 15 is 0 Å². The second-order valence-corrected chi connectivity index (χ2v) is 11.0. The zero-order valence-corrected chi connectivity index (χ0v) is 28.2. The van der Waals surface area contributed by atoms with Crippen LogP contribution in [-0.4, -0.2) is 36.8 Å². The maximum atomic E-state index is 11.6. The smallest absolute Gasteiger partial charge is 0.747 e. The first-order chi connectivity index (χ1) is 16.3. The molecule has 0 aliphatic heterocycles. The first-order valence-corrected chi connectivity index (χ1v) is 15.1. The number of carboxylic acids is 1. The van der Waals surface area contributed by atoms with Crippen LogP contribution in [0.15, 0.2) is 0 Å². The Bertz CT molecular complexity index is 615. The van der Waals surface area contributed by atoms with Gasteiger partial charge in [-0.1, -0.05) is 129 Å². The van der Waals surface area contributed by atoms with Crippen LogP contribution in [0.2, 0.25) is 0 Å². The van der Waals surface area contributed by atoms with E-state index < -0.39 is 33.7 Å². The van der Waals surface area contributed by atoms with Crippen molar-refractivity contribution in [1.29, 1.82) is 0 Å². The van der Waals surface area contributed by atoms with Gasteiger partial charge in [0.1, 0.15) is 10.1 Å². The summed E-state index contributed by atoms with van der Waals surface area (Å²) < 4.78 is 37.7. The van der Waals surface area contributed by atoms with E-state index in [1.807, 2.05) is 0 Å². The monoisotopic (exact) mass is 550 g/mol. The third-order valence-electron chi connectivity index (χ3n) is 6.21. The van der Waals surface area contributed by atoms with E-state index in [9.17, 15) is 27.7 Å². The van der Waals surface area contributed by atoms with Gasteiger partial charge in [0, 0.05) is 12.4 Å². The molecule has 0 aliphatic rings. The largest absolute Gasteiger partial charge is 1.00 e. The van der Waals surface area contributed by atoms with Crippen LogP contribution < -0.4 is 64.2 Å². The molecule has 0 fully saturated rings. The summed E-state index contributed by atoms with van der Waals surface area (Å²) in [5.74, 6) is -3.09. The SMILES string of the molecule is CCCCCCCCCCCCCCCCCCCCCCOC(=O)C(CC(=O)[O-])S(=O)(=O)[O-].[Na+].[Na+]. The van der Waals surface area contributed by atoms with E-state index in [1.165, 1.54) is 103 Å². The summed E-state index contributed by atoms with van der Waals surface area (Å²) in [6, 6.07) is 0. The molecule has 0 amide bonds. The van der Waals surface area contributed by atoms with E-state index in [0.29, 0.717) is 6.42 Å². The maximum absolute atomic E-state index is 11.6. The number of carbonyl (C=O) groups excluding carboxylic acids is 2. The molecule has 0 saturated carbocycles. The average molecular weight is 551 g/mol. The first kappa shape index (κ1) is 41.3. The fourth-order valence-electron chi connectivity index (χ4n) is 4.08. The number of esters is 1. The van der Waals surface area contributed by atoms with Gasteiger partial charge in [-0.25, -0.2) is 8.42 Å². The Labute approximate surface area is 265 Å². The predicted molar refractivity (Wildman–Crippen MR) is 132 cm³/mol. The Morgan fingerprint density at radius 2 is 0.944 bits per heavy atom. The molecular weight excluding hydrogens is 502 g/mol. The quantitative estimate of drug-likeness (QED) is 0.0644. The molecule has 0 aliphatic carbocycles. The fourth-order valence-corrected chi connectivity index (χ4v) is 4.72. The summed E-state index contributed by atoms with van der Waals surface area (Å²) in [5.41, 5.74) is 0. The first-order valence-electron chi connectivity index (χ1n) is 13.6. The van der Waals surface area contributed by atoms with Crippen LogP contribution in [-0.2, 0) is 24.4 Å². The van der Waals surface area contributed by atoms with Gasteiger partial charge >= 0.3 is 65.1 Å². The van der Waals surface area contributed by atoms with Gasteiger partial charge < -0.3 is 19.2 Å². The van der Waals surface area contributed by atoms with Gasteiger partial charge in [0.25, 0.3) is 0 Å². The number of hydrogen-bond acceptors (Lipinski definition) is 7. The minimum Gasteiger partial charge on any atom is -0.747 e. The molecule has 0 aromatic rings. The van der Waals surface area contributed by atoms with Crippen LogP contribution in [0.4, 0.5) is 0 Å². The van der Waals surface area contributed by atoms with E-state index in [1.54, 1.807) is 0 Å². The standard InChI is InChI=1S/C26H50O7S.2Na/c1-2-3-4-5-6-7-8-9-10-11-12-13-14-15-16-17-18-19-20-21-22-33-26(29)24(23-25(27)28)34(30,31)32;;/h24H,2-23H2,1H3,(H,27,28)(H,30,31,32);;/q;2*+1/p-2. The molecule has 0 aromatic carbocycles. The van der Waals surface area contributed by atoms with Gasteiger partial charge in [0.05, 0.1) is 6.61 Å². The van der Waals surface area contributed by atoms with Crippen LogP contribution in [0, 0.1) is 0 Å². The Morgan fingerprint density at radius 1 is 0.639 bits per heavy atom. The van der Waals surface area contributed by atoms with Crippen molar-refractivity contribution in [2.24, 2.45) is 0 Å². The summed E-state index contributed by atoms with van der Waals surface area (Å²) >= 11 is 0. The molecule has 1 atom stereocenters. The van der Waals surface area contributed by atoms with Gasteiger partial charge in [-0.2, -0.15) is 0 Å². The molecule has 0 spiro atoms. The fraction of sp³-hybridized carbons (Fsp3) is 0.923. The van der Waals surface area contributed by atoms with Crippen molar-refractivity contribution in [3.63, 3.8) is 0 Å². The van der Waals surface area contributed by atoms with E-state index in [4.69, 9.17) is 4.74 Å². The summed E-state index contributed by atoms with van der Waals surface area (Å²) in [5, 5.41) is 8.27. The Hall–Kier alpha value is 0.850. The molecule has 202 valence electrons. The Morgan fingerprint density at radius 3 is 1.22 bits per heavy atom. The number of carboxylic acid groups (broad SMARTS) is 1. The molecule has 0 heterocycles. The minimum atomic E-state index is -5.08. The molecular formula is C26H48Na2O7S. The van der Waals surface area contributed by atoms with Gasteiger partial charge in [-0.3, -0.25) is 4.79 Å². The summed E-state index contributed by atoms with van der Waals surface area (Å²) in [4.78, 5) is 22.1. The van der Waals surface area contributed by atoms with E-state index in [-0.39, 0.29) is 65.7 Å². The van der Waals surface area contributed by atoms with Crippen LogP contribution in [0.3, 0.4) is 0 Å². The van der Waals surface area contributed by atoms with Gasteiger partial charge in [0.15, 0.2) is 5.25 Å². The van der Waals surface area contributed by atoms with Gasteiger partial charge in [-0.05, 0) is 6.42 Å². The van der Waals surface area contributed by atoms with Crippen LogP contribution in [0.1, 0.15) is 142 Å². The Balaban J connectivity index is -0.00000544. The van der Waals surface area contributed by atoms with Gasteiger partial charge in [-0.15, -0.1) is 0 Å². The molecule has 0 radical (unpaired) electrons. The zero-order valence-electron chi connectivity index (χ0n) is 23.4. The minimum absolute atomic E-state index is 0. The number of carbonyl (C=O) groups is 2. The zero-order chi connectivity index (χ0) is 25.5. The van der Waals surface area contributed by atoms with Crippen molar-refractivity contribution >= 4 is 22.1 Å². The second kappa shape index (κ2) is 28.8. The number of hydrogen-bond donors (Lipinski definition) is 0. The topological polar surface area (TPSA) is 124 Å². The number of rotatable bonds is 25.